The maximum atomic E-state index is 11.1. The Morgan fingerprint density at radius 1 is 1.44 bits per heavy atom. The van der Waals surface area contributed by atoms with Gasteiger partial charge in [0.15, 0.2) is 0 Å². The molecule has 0 aliphatic heterocycles. The molecule has 0 radical (unpaired) electrons. The van der Waals surface area contributed by atoms with E-state index in [1.165, 1.54) is 0 Å². The Kier molecular flexibility index (Phi) is 4.57. The molecule has 1 heterocycles. The predicted octanol–water partition coefficient (Wildman–Crippen LogP) is 0.696. The van der Waals surface area contributed by atoms with E-state index in [0.717, 1.165) is 11.6 Å². The topological polar surface area (TPSA) is 57.3 Å². The summed E-state index contributed by atoms with van der Waals surface area (Å²) in [6.45, 7) is 0.653. The van der Waals surface area contributed by atoms with Crippen molar-refractivity contribution in [3.8, 4) is 0 Å². The highest BCUT2D eigenvalue weighted by atomic mass is 16.1. The largest absolute Gasteiger partial charge is 0.373 e. The smallest absolute Gasteiger partial charge is 0.221 e. The van der Waals surface area contributed by atoms with Gasteiger partial charge in [-0.3, -0.25) is 4.79 Å². The normalized spacial score (nSPS) is 9.69. The van der Waals surface area contributed by atoms with Gasteiger partial charge >= 0.3 is 0 Å². The number of hydrogen-bond acceptors (Lipinski definition) is 4. The number of nitrogens with zero attached hydrogens (tertiary/aromatic N) is 2. The van der Waals surface area contributed by atoms with Crippen molar-refractivity contribution in [1.82, 2.24) is 10.3 Å². The Labute approximate surface area is 95.9 Å². The fourth-order valence-corrected chi connectivity index (χ4v) is 1.28. The van der Waals surface area contributed by atoms with E-state index in [1.807, 2.05) is 37.2 Å². The second-order valence-electron chi connectivity index (χ2n) is 3.48. The van der Waals surface area contributed by atoms with Crippen LogP contribution in [0.3, 0.4) is 0 Å². The van der Waals surface area contributed by atoms with Crippen LogP contribution in [-0.4, -0.2) is 38.6 Å². The molecule has 0 saturated heterocycles. The molecule has 2 N–H and O–H groups in total. The Morgan fingerprint density at radius 3 is 2.81 bits per heavy atom. The fraction of sp³-hybridized carbons (Fsp3) is 0.455. The van der Waals surface area contributed by atoms with E-state index < -0.39 is 0 Å². The van der Waals surface area contributed by atoms with Crippen LogP contribution in [-0.2, 0) is 4.79 Å². The van der Waals surface area contributed by atoms with Crippen molar-refractivity contribution < 1.29 is 4.79 Å². The van der Waals surface area contributed by atoms with Gasteiger partial charge in [-0.25, -0.2) is 4.98 Å². The maximum absolute atomic E-state index is 11.1. The van der Waals surface area contributed by atoms with Gasteiger partial charge < -0.3 is 15.5 Å². The molecule has 0 saturated carbocycles. The van der Waals surface area contributed by atoms with Crippen LogP contribution in [0.4, 0.5) is 11.6 Å². The van der Waals surface area contributed by atoms with Gasteiger partial charge in [0.05, 0.1) is 0 Å². The lowest BCUT2D eigenvalue weighted by Crippen LogP contribution is -2.26. The molecule has 5 heteroatoms. The Hall–Kier alpha value is -1.78. The van der Waals surface area contributed by atoms with Gasteiger partial charge in [0.1, 0.15) is 11.6 Å². The van der Waals surface area contributed by atoms with E-state index in [0.29, 0.717) is 13.0 Å². The van der Waals surface area contributed by atoms with Gasteiger partial charge in [-0.1, -0.05) is 6.07 Å². The minimum Gasteiger partial charge on any atom is -0.373 e. The summed E-state index contributed by atoms with van der Waals surface area (Å²) < 4.78 is 0. The maximum Gasteiger partial charge on any atom is 0.221 e. The van der Waals surface area contributed by atoms with E-state index in [2.05, 4.69) is 15.6 Å². The highest BCUT2D eigenvalue weighted by Crippen LogP contribution is 2.12. The van der Waals surface area contributed by atoms with Crippen LogP contribution in [0.1, 0.15) is 6.42 Å². The zero-order valence-electron chi connectivity index (χ0n) is 9.95. The first-order chi connectivity index (χ1) is 7.67. The van der Waals surface area contributed by atoms with Crippen molar-refractivity contribution in [2.45, 2.75) is 6.42 Å². The van der Waals surface area contributed by atoms with Crippen molar-refractivity contribution in [1.29, 1.82) is 0 Å². The molecule has 0 spiro atoms. The number of carbonyl (C=O) groups excluding carboxylic acids is 1. The Morgan fingerprint density at radius 2 is 2.19 bits per heavy atom. The van der Waals surface area contributed by atoms with E-state index >= 15 is 0 Å². The minimum absolute atomic E-state index is 0.0385. The molecule has 0 bridgehead atoms. The van der Waals surface area contributed by atoms with Gasteiger partial charge in [0.2, 0.25) is 5.91 Å². The Bertz CT molecular complexity index is 354. The van der Waals surface area contributed by atoms with Gasteiger partial charge in [0, 0.05) is 34.1 Å². The van der Waals surface area contributed by atoms with Crippen molar-refractivity contribution in [3.05, 3.63) is 18.2 Å². The SMILES string of the molecule is CNC(=O)CCN(C)c1cccc(NC)n1. The summed E-state index contributed by atoms with van der Waals surface area (Å²) in [5.74, 6) is 1.72. The summed E-state index contributed by atoms with van der Waals surface area (Å²) in [6.07, 6.45) is 0.471. The minimum atomic E-state index is 0.0385. The average molecular weight is 222 g/mol. The number of amides is 1. The number of anilines is 2. The number of aromatic nitrogens is 1. The van der Waals surface area contributed by atoms with Crippen LogP contribution >= 0.6 is 0 Å². The quantitative estimate of drug-likeness (QED) is 0.770. The lowest BCUT2D eigenvalue weighted by molar-refractivity contribution is -0.120. The first kappa shape index (κ1) is 12.3. The van der Waals surface area contributed by atoms with Crippen molar-refractivity contribution >= 4 is 17.5 Å². The molecule has 16 heavy (non-hydrogen) atoms. The second kappa shape index (κ2) is 5.95. The van der Waals surface area contributed by atoms with Crippen LogP contribution in [0.5, 0.6) is 0 Å². The Balaban J connectivity index is 2.58. The van der Waals surface area contributed by atoms with Gasteiger partial charge in [-0.05, 0) is 12.1 Å². The van der Waals surface area contributed by atoms with E-state index in [9.17, 15) is 4.79 Å². The summed E-state index contributed by atoms with van der Waals surface area (Å²) in [7, 11) is 5.39. The van der Waals surface area contributed by atoms with Gasteiger partial charge in [-0.15, -0.1) is 0 Å². The number of carbonyl (C=O) groups is 1. The lowest BCUT2D eigenvalue weighted by atomic mass is 10.3. The summed E-state index contributed by atoms with van der Waals surface area (Å²) in [5.41, 5.74) is 0. The molecular formula is C11H18N4O. The second-order valence-corrected chi connectivity index (χ2v) is 3.48. The van der Waals surface area contributed by atoms with E-state index in [-0.39, 0.29) is 5.91 Å². The zero-order valence-corrected chi connectivity index (χ0v) is 9.95. The van der Waals surface area contributed by atoms with E-state index in [4.69, 9.17) is 0 Å². The van der Waals surface area contributed by atoms with Crippen LogP contribution in [0.25, 0.3) is 0 Å². The first-order valence-corrected chi connectivity index (χ1v) is 5.24. The zero-order chi connectivity index (χ0) is 12.0. The fourth-order valence-electron chi connectivity index (χ4n) is 1.28. The molecule has 5 nitrogen and oxygen atoms in total. The molecule has 0 atom stereocenters. The monoisotopic (exact) mass is 222 g/mol. The van der Waals surface area contributed by atoms with Crippen LogP contribution in [0.2, 0.25) is 0 Å². The van der Waals surface area contributed by atoms with Crippen molar-refractivity contribution in [2.24, 2.45) is 0 Å². The molecule has 0 aromatic carbocycles. The molecule has 88 valence electrons. The molecule has 0 aliphatic rings. The molecule has 0 unspecified atom stereocenters. The molecule has 1 rings (SSSR count). The number of pyridine rings is 1. The summed E-state index contributed by atoms with van der Waals surface area (Å²) in [4.78, 5) is 17.4. The summed E-state index contributed by atoms with van der Waals surface area (Å²) in [5, 5.41) is 5.58. The molecule has 1 aromatic rings. The standard InChI is InChI=1S/C11H18N4O/c1-12-9-5-4-6-10(14-9)15(3)8-7-11(16)13-2/h4-6H,7-8H2,1-3H3,(H,12,14)(H,13,16). The van der Waals surface area contributed by atoms with Gasteiger partial charge in [-0.2, -0.15) is 0 Å². The molecule has 0 aliphatic carbocycles. The van der Waals surface area contributed by atoms with Gasteiger partial charge in [0.25, 0.3) is 0 Å². The summed E-state index contributed by atoms with van der Waals surface area (Å²) in [6, 6.07) is 5.76. The summed E-state index contributed by atoms with van der Waals surface area (Å²) >= 11 is 0. The highest BCUT2D eigenvalue weighted by Gasteiger charge is 2.05. The number of nitrogens with one attached hydrogen (secondary N) is 2. The third-order valence-corrected chi connectivity index (χ3v) is 2.33. The first-order valence-electron chi connectivity index (χ1n) is 5.24. The molecular weight excluding hydrogens is 204 g/mol. The molecule has 0 fully saturated rings. The molecule has 1 aromatic heterocycles. The average Bonchev–Trinajstić information content (AvgIpc) is 2.35. The van der Waals surface area contributed by atoms with Crippen LogP contribution in [0, 0.1) is 0 Å². The third kappa shape index (κ3) is 3.42. The number of hydrogen-bond donors (Lipinski definition) is 2. The highest BCUT2D eigenvalue weighted by molar-refractivity contribution is 5.76. The third-order valence-electron chi connectivity index (χ3n) is 2.33. The lowest BCUT2D eigenvalue weighted by Gasteiger charge is -2.18. The number of rotatable bonds is 5. The van der Waals surface area contributed by atoms with E-state index in [1.54, 1.807) is 7.05 Å². The predicted molar refractivity (Wildman–Crippen MR) is 65.7 cm³/mol. The molecule has 1 amide bonds. The van der Waals surface area contributed by atoms with Crippen LogP contribution in [0.15, 0.2) is 18.2 Å². The van der Waals surface area contributed by atoms with Crippen LogP contribution < -0.4 is 15.5 Å². The van der Waals surface area contributed by atoms with Crippen molar-refractivity contribution in [3.63, 3.8) is 0 Å². The van der Waals surface area contributed by atoms with Crippen molar-refractivity contribution in [2.75, 3.05) is 37.9 Å².